The lowest BCUT2D eigenvalue weighted by Gasteiger charge is -2.20. The Morgan fingerprint density at radius 2 is 2.17 bits per heavy atom. The van der Waals surface area contributed by atoms with Crippen molar-refractivity contribution in [3.05, 3.63) is 45.2 Å². The number of carbonyl (C=O) groups excluding carboxylic acids is 1. The smallest absolute Gasteiger partial charge is 0.267 e. The minimum absolute atomic E-state index is 0.0267. The maximum absolute atomic E-state index is 13.0. The standard InChI is InChI=1S/C18H18N4O5S3/c23-7-5-19-15-12(16(24)21-6-2-1-3-14(21)20-15)9-13-17(25)22(18(28)29-13)11-4-8-30(26,27)10-11/h1-3,6,9,11,19,23H,4-5,7-8,10H2/b13-9-/t11-/m0/s1. The number of pyridine rings is 1. The van der Waals surface area contributed by atoms with Crippen molar-refractivity contribution in [2.45, 2.75) is 12.5 Å². The number of carbonyl (C=O) groups is 1. The summed E-state index contributed by atoms with van der Waals surface area (Å²) in [7, 11) is -3.18. The van der Waals surface area contributed by atoms with Crippen LogP contribution in [0.3, 0.4) is 0 Å². The summed E-state index contributed by atoms with van der Waals surface area (Å²) < 4.78 is 25.3. The van der Waals surface area contributed by atoms with E-state index < -0.39 is 21.8 Å². The zero-order chi connectivity index (χ0) is 21.5. The number of thioether (sulfide) groups is 1. The second-order valence-corrected chi connectivity index (χ2v) is 10.8. The van der Waals surface area contributed by atoms with Gasteiger partial charge < -0.3 is 10.4 Å². The molecule has 2 aliphatic rings. The molecule has 0 bridgehead atoms. The third kappa shape index (κ3) is 3.87. The van der Waals surface area contributed by atoms with Crippen molar-refractivity contribution in [2.75, 3.05) is 30.0 Å². The first kappa shape index (κ1) is 21.0. The number of hydrogen-bond donors (Lipinski definition) is 2. The highest BCUT2D eigenvalue weighted by Crippen LogP contribution is 2.36. The average Bonchev–Trinajstić information content (AvgIpc) is 3.20. The molecule has 2 aliphatic heterocycles. The second kappa shape index (κ2) is 8.10. The molecule has 0 saturated carbocycles. The van der Waals surface area contributed by atoms with Crippen molar-refractivity contribution >= 4 is 61.6 Å². The molecule has 0 radical (unpaired) electrons. The molecule has 1 atom stereocenters. The summed E-state index contributed by atoms with van der Waals surface area (Å²) in [4.78, 5) is 32.0. The van der Waals surface area contributed by atoms with Crippen LogP contribution < -0.4 is 10.9 Å². The van der Waals surface area contributed by atoms with Crippen LogP contribution in [0.15, 0.2) is 34.1 Å². The quantitative estimate of drug-likeness (QED) is 0.479. The summed E-state index contributed by atoms with van der Waals surface area (Å²) >= 11 is 6.35. The molecular formula is C18H18N4O5S3. The zero-order valence-corrected chi connectivity index (χ0v) is 18.1. The van der Waals surface area contributed by atoms with Gasteiger partial charge in [0.05, 0.1) is 34.6 Å². The van der Waals surface area contributed by atoms with Crippen molar-refractivity contribution in [2.24, 2.45) is 0 Å². The maximum atomic E-state index is 13.0. The van der Waals surface area contributed by atoms with E-state index in [0.717, 1.165) is 11.8 Å². The van der Waals surface area contributed by atoms with Crippen molar-refractivity contribution in [1.82, 2.24) is 14.3 Å². The first-order valence-electron chi connectivity index (χ1n) is 9.14. The number of thiocarbonyl (C=S) groups is 1. The summed E-state index contributed by atoms with van der Waals surface area (Å²) in [5.74, 6) is -0.262. The summed E-state index contributed by atoms with van der Waals surface area (Å²) in [6.07, 6.45) is 3.34. The van der Waals surface area contributed by atoms with E-state index in [0.29, 0.717) is 12.1 Å². The summed E-state index contributed by atoms with van der Waals surface area (Å²) in [5.41, 5.74) is 0.199. The number of aliphatic hydroxyl groups is 1. The number of hydrogen-bond acceptors (Lipinski definition) is 9. The minimum Gasteiger partial charge on any atom is -0.395 e. The molecular weight excluding hydrogens is 448 g/mol. The molecule has 9 nitrogen and oxygen atoms in total. The Bertz CT molecular complexity index is 1240. The lowest BCUT2D eigenvalue weighted by molar-refractivity contribution is -0.123. The van der Waals surface area contributed by atoms with Gasteiger partial charge in [-0.25, -0.2) is 13.4 Å². The Kier molecular flexibility index (Phi) is 5.66. The fourth-order valence-electron chi connectivity index (χ4n) is 3.45. The normalized spacial score (nSPS) is 22.4. The van der Waals surface area contributed by atoms with Crippen molar-refractivity contribution in [1.29, 1.82) is 0 Å². The number of amides is 1. The summed E-state index contributed by atoms with van der Waals surface area (Å²) in [6, 6.07) is 4.63. The topological polar surface area (TPSA) is 121 Å². The van der Waals surface area contributed by atoms with Gasteiger partial charge in [-0.2, -0.15) is 0 Å². The van der Waals surface area contributed by atoms with Crippen LogP contribution in [-0.2, 0) is 14.6 Å². The molecule has 12 heteroatoms. The predicted octanol–water partition coefficient (Wildman–Crippen LogP) is 0.487. The van der Waals surface area contributed by atoms with E-state index in [-0.39, 0.29) is 50.8 Å². The molecule has 2 fully saturated rings. The van der Waals surface area contributed by atoms with Gasteiger partial charge >= 0.3 is 0 Å². The fraction of sp³-hybridized carbons (Fsp3) is 0.333. The Morgan fingerprint density at radius 1 is 1.37 bits per heavy atom. The van der Waals surface area contributed by atoms with E-state index in [9.17, 15) is 18.0 Å². The fourth-order valence-corrected chi connectivity index (χ4v) is 6.53. The van der Waals surface area contributed by atoms with Gasteiger partial charge in [-0.15, -0.1) is 0 Å². The minimum atomic E-state index is -3.18. The largest absolute Gasteiger partial charge is 0.395 e. The molecule has 2 saturated heterocycles. The number of rotatable bonds is 5. The maximum Gasteiger partial charge on any atom is 0.267 e. The molecule has 1 amide bonds. The van der Waals surface area contributed by atoms with E-state index in [4.69, 9.17) is 17.3 Å². The third-order valence-corrected chi connectivity index (χ3v) is 7.93. The third-order valence-electron chi connectivity index (χ3n) is 4.85. The molecule has 2 N–H and O–H groups in total. The number of aromatic nitrogens is 2. The molecule has 4 rings (SSSR count). The van der Waals surface area contributed by atoms with E-state index in [1.807, 2.05) is 0 Å². The van der Waals surface area contributed by atoms with Crippen LogP contribution in [0.2, 0.25) is 0 Å². The Labute approximate surface area is 181 Å². The monoisotopic (exact) mass is 466 g/mol. The van der Waals surface area contributed by atoms with Gasteiger partial charge in [-0.3, -0.25) is 18.9 Å². The van der Waals surface area contributed by atoms with Crippen molar-refractivity contribution < 1.29 is 18.3 Å². The van der Waals surface area contributed by atoms with Crippen LogP contribution >= 0.6 is 24.0 Å². The van der Waals surface area contributed by atoms with Crippen LogP contribution in [0.25, 0.3) is 11.7 Å². The highest BCUT2D eigenvalue weighted by atomic mass is 32.2. The second-order valence-electron chi connectivity index (χ2n) is 6.87. The summed E-state index contributed by atoms with van der Waals surface area (Å²) in [6.45, 7) is 0.0186. The molecule has 2 aromatic rings. The van der Waals surface area contributed by atoms with Crippen molar-refractivity contribution in [3.8, 4) is 0 Å². The molecule has 0 aliphatic carbocycles. The Balaban J connectivity index is 1.75. The molecule has 4 heterocycles. The number of nitrogens with one attached hydrogen (secondary N) is 1. The Hall–Kier alpha value is -2.28. The first-order chi connectivity index (χ1) is 14.3. The van der Waals surface area contributed by atoms with Crippen LogP contribution in [0.4, 0.5) is 5.82 Å². The van der Waals surface area contributed by atoms with Crippen molar-refractivity contribution in [3.63, 3.8) is 0 Å². The predicted molar refractivity (Wildman–Crippen MR) is 119 cm³/mol. The van der Waals surface area contributed by atoms with Gasteiger partial charge in [0.25, 0.3) is 11.5 Å². The van der Waals surface area contributed by atoms with Gasteiger partial charge in [-0.05, 0) is 24.6 Å². The summed E-state index contributed by atoms with van der Waals surface area (Å²) in [5, 5.41) is 12.0. The number of anilines is 1. The van der Waals surface area contributed by atoms with Gasteiger partial charge in [0.1, 0.15) is 15.8 Å². The van der Waals surface area contributed by atoms with Gasteiger partial charge in [-0.1, -0.05) is 30.0 Å². The Morgan fingerprint density at radius 3 is 2.87 bits per heavy atom. The lowest BCUT2D eigenvalue weighted by Crippen LogP contribution is -2.39. The highest BCUT2D eigenvalue weighted by Gasteiger charge is 2.42. The van der Waals surface area contributed by atoms with Crippen LogP contribution in [0.1, 0.15) is 12.0 Å². The molecule has 158 valence electrons. The molecule has 2 aromatic heterocycles. The average molecular weight is 467 g/mol. The van der Waals surface area contributed by atoms with Gasteiger partial charge in [0.2, 0.25) is 0 Å². The van der Waals surface area contributed by atoms with Crippen LogP contribution in [0.5, 0.6) is 0 Å². The lowest BCUT2D eigenvalue weighted by atomic mass is 10.2. The van der Waals surface area contributed by atoms with Crippen LogP contribution in [-0.4, -0.2) is 68.7 Å². The van der Waals surface area contributed by atoms with E-state index >= 15 is 0 Å². The van der Waals surface area contributed by atoms with Gasteiger partial charge in [0.15, 0.2) is 9.84 Å². The zero-order valence-electron chi connectivity index (χ0n) is 15.6. The molecule has 30 heavy (non-hydrogen) atoms. The van der Waals surface area contributed by atoms with Crippen LogP contribution in [0, 0.1) is 0 Å². The molecule has 0 aromatic carbocycles. The van der Waals surface area contributed by atoms with E-state index in [2.05, 4.69) is 10.3 Å². The number of nitrogens with zero attached hydrogens (tertiary/aromatic N) is 3. The van der Waals surface area contributed by atoms with E-state index in [1.54, 1.807) is 24.4 Å². The number of aliphatic hydroxyl groups excluding tert-OH is 1. The molecule has 0 spiro atoms. The number of fused-ring (bicyclic) bond motifs is 1. The molecule has 0 unspecified atom stereocenters. The highest BCUT2D eigenvalue weighted by molar-refractivity contribution is 8.26. The van der Waals surface area contributed by atoms with Gasteiger partial charge in [0, 0.05) is 12.7 Å². The number of sulfone groups is 1. The SMILES string of the molecule is O=C1/C(=C/c2c(NCCO)nc3ccccn3c2=O)SC(=S)N1[C@H]1CCS(=O)(=O)C1. The first-order valence-corrected chi connectivity index (χ1v) is 12.2. The van der Waals surface area contributed by atoms with E-state index in [1.165, 1.54) is 15.4 Å².